The van der Waals surface area contributed by atoms with E-state index in [2.05, 4.69) is 15.0 Å². The van der Waals surface area contributed by atoms with Gasteiger partial charge in [0, 0.05) is 16.6 Å². The quantitative estimate of drug-likeness (QED) is 0.695. The Labute approximate surface area is 108 Å². The van der Waals surface area contributed by atoms with Crippen LogP contribution in [0.15, 0.2) is 41.2 Å². The molecule has 0 unspecified atom stereocenters. The van der Waals surface area contributed by atoms with Crippen molar-refractivity contribution < 1.29 is 5.11 Å². The second-order valence-corrected chi connectivity index (χ2v) is 4.31. The maximum absolute atomic E-state index is 11.3. The summed E-state index contributed by atoms with van der Waals surface area (Å²) in [4.78, 5) is 22.2. The second kappa shape index (κ2) is 4.20. The number of aromatic amines is 1. The summed E-state index contributed by atoms with van der Waals surface area (Å²) in [6.45, 7) is 1.93. The van der Waals surface area contributed by atoms with Crippen molar-refractivity contribution in [2.24, 2.45) is 0 Å². The average molecular weight is 253 g/mol. The fourth-order valence-corrected chi connectivity index (χ4v) is 1.96. The van der Waals surface area contributed by atoms with Crippen molar-refractivity contribution in [1.29, 1.82) is 0 Å². The highest BCUT2D eigenvalue weighted by Gasteiger charge is 2.05. The Morgan fingerprint density at radius 3 is 2.74 bits per heavy atom. The molecule has 94 valence electrons. The predicted molar refractivity (Wildman–Crippen MR) is 72.0 cm³/mol. The molecule has 0 spiro atoms. The summed E-state index contributed by atoms with van der Waals surface area (Å²) in [5, 5.41) is 10.3. The molecule has 0 aliphatic heterocycles. The lowest BCUT2D eigenvalue weighted by Crippen LogP contribution is -2.06. The van der Waals surface area contributed by atoms with Crippen LogP contribution in [-0.2, 0) is 0 Å². The lowest BCUT2D eigenvalue weighted by Gasteiger charge is -2.04. The van der Waals surface area contributed by atoms with Crippen LogP contribution in [0.1, 0.15) is 5.69 Å². The number of hydrogen-bond donors (Lipinski definition) is 2. The van der Waals surface area contributed by atoms with E-state index < -0.39 is 0 Å². The summed E-state index contributed by atoms with van der Waals surface area (Å²) in [6.07, 6.45) is 0. The van der Waals surface area contributed by atoms with Gasteiger partial charge in [0.1, 0.15) is 5.82 Å². The first-order valence-electron chi connectivity index (χ1n) is 5.80. The van der Waals surface area contributed by atoms with Gasteiger partial charge in [-0.1, -0.05) is 6.07 Å². The fraction of sp³-hybridized carbons (Fsp3) is 0.0714. The Morgan fingerprint density at radius 1 is 1.11 bits per heavy atom. The Balaban J connectivity index is 2.20. The molecule has 0 saturated carbocycles. The smallest absolute Gasteiger partial charge is 0.254 e. The summed E-state index contributed by atoms with van der Waals surface area (Å²) in [6, 6.07) is 10.5. The average Bonchev–Trinajstić information content (AvgIpc) is 2.37. The molecule has 2 N–H and O–H groups in total. The van der Waals surface area contributed by atoms with Gasteiger partial charge in [0.2, 0.25) is 5.88 Å². The first-order valence-corrected chi connectivity index (χ1v) is 5.80. The van der Waals surface area contributed by atoms with Gasteiger partial charge in [-0.25, -0.2) is 0 Å². The summed E-state index contributed by atoms with van der Waals surface area (Å²) in [7, 11) is 0. The molecule has 0 bridgehead atoms. The Kier molecular flexibility index (Phi) is 2.52. The lowest BCUT2D eigenvalue weighted by atomic mass is 10.1. The van der Waals surface area contributed by atoms with Crippen molar-refractivity contribution in [2.45, 2.75) is 6.92 Å². The number of benzene rings is 1. The number of nitrogens with one attached hydrogen (secondary N) is 1. The topological polar surface area (TPSA) is 78.9 Å². The number of nitrogens with zero attached hydrogens (tertiary/aromatic N) is 2. The second-order valence-electron chi connectivity index (χ2n) is 4.31. The van der Waals surface area contributed by atoms with Crippen LogP contribution in [0.4, 0.5) is 0 Å². The number of rotatable bonds is 1. The number of pyridine rings is 1. The number of fused-ring (bicyclic) bond motifs is 1. The molecule has 2 aromatic heterocycles. The maximum atomic E-state index is 11.3. The molecular formula is C14H11N3O2. The van der Waals surface area contributed by atoms with Crippen LogP contribution in [0.3, 0.4) is 0 Å². The zero-order valence-electron chi connectivity index (χ0n) is 10.2. The van der Waals surface area contributed by atoms with Crippen molar-refractivity contribution in [2.75, 3.05) is 0 Å². The van der Waals surface area contributed by atoms with Gasteiger partial charge in [-0.2, -0.15) is 4.98 Å². The number of H-pyrrole nitrogens is 1. The molecule has 2 heterocycles. The predicted octanol–water partition coefficient (Wildman–Crippen LogP) is 2.00. The Morgan fingerprint density at radius 2 is 1.95 bits per heavy atom. The number of hydrogen-bond acceptors (Lipinski definition) is 4. The zero-order valence-corrected chi connectivity index (χ0v) is 10.2. The summed E-state index contributed by atoms with van der Waals surface area (Å²) in [5.41, 5.74) is 2.17. The number of aryl methyl sites for hydroxylation is 1. The first-order chi connectivity index (χ1) is 9.11. The standard InChI is InChI=1S/C14H11N3O2/c1-8-2-3-9-6-10(4-5-11(9)15-8)14-16-12(18)7-13(19)17-14/h2-7H,1H3,(H2,16,17,18,19). The molecule has 5 nitrogen and oxygen atoms in total. The molecule has 5 heteroatoms. The van der Waals surface area contributed by atoms with Crippen LogP contribution < -0.4 is 5.56 Å². The lowest BCUT2D eigenvalue weighted by molar-refractivity contribution is 0.452. The first kappa shape index (κ1) is 11.4. The minimum atomic E-state index is -0.385. The van der Waals surface area contributed by atoms with Gasteiger partial charge in [-0.05, 0) is 31.2 Å². The van der Waals surface area contributed by atoms with Crippen LogP contribution in [0.2, 0.25) is 0 Å². The minimum Gasteiger partial charge on any atom is -0.493 e. The zero-order chi connectivity index (χ0) is 13.4. The van der Waals surface area contributed by atoms with Crippen molar-refractivity contribution in [1.82, 2.24) is 15.0 Å². The van der Waals surface area contributed by atoms with Crippen molar-refractivity contribution in [3.8, 4) is 17.3 Å². The van der Waals surface area contributed by atoms with E-state index in [1.54, 1.807) is 0 Å². The molecule has 3 rings (SSSR count). The van der Waals surface area contributed by atoms with E-state index in [0.29, 0.717) is 5.82 Å². The molecule has 19 heavy (non-hydrogen) atoms. The molecule has 3 aromatic rings. The molecular weight excluding hydrogens is 242 g/mol. The highest BCUT2D eigenvalue weighted by atomic mass is 16.3. The molecule has 0 saturated heterocycles. The largest absolute Gasteiger partial charge is 0.493 e. The van der Waals surface area contributed by atoms with Gasteiger partial charge in [0.05, 0.1) is 11.6 Å². The Bertz CT molecular complexity index is 824. The molecule has 0 aliphatic carbocycles. The number of aromatic hydroxyl groups is 1. The van der Waals surface area contributed by atoms with Crippen LogP contribution in [0.5, 0.6) is 5.88 Å². The minimum absolute atomic E-state index is 0.291. The van der Waals surface area contributed by atoms with Crippen LogP contribution in [-0.4, -0.2) is 20.1 Å². The van der Waals surface area contributed by atoms with Gasteiger partial charge in [-0.3, -0.25) is 9.78 Å². The third kappa shape index (κ3) is 2.18. The SMILES string of the molecule is Cc1ccc2cc(-c3nc(O)cc(=O)[nH]3)ccc2n1. The van der Waals surface area contributed by atoms with Crippen LogP contribution in [0, 0.1) is 6.92 Å². The van der Waals surface area contributed by atoms with E-state index in [4.69, 9.17) is 0 Å². The van der Waals surface area contributed by atoms with E-state index in [0.717, 1.165) is 28.2 Å². The molecule has 0 atom stereocenters. The summed E-state index contributed by atoms with van der Waals surface area (Å²) >= 11 is 0. The van der Waals surface area contributed by atoms with Gasteiger partial charge < -0.3 is 10.1 Å². The monoisotopic (exact) mass is 253 g/mol. The van der Waals surface area contributed by atoms with Crippen molar-refractivity contribution in [3.63, 3.8) is 0 Å². The third-order valence-electron chi connectivity index (χ3n) is 2.83. The van der Waals surface area contributed by atoms with E-state index in [9.17, 15) is 9.90 Å². The van der Waals surface area contributed by atoms with Gasteiger partial charge in [-0.15, -0.1) is 0 Å². The van der Waals surface area contributed by atoms with Crippen molar-refractivity contribution >= 4 is 10.9 Å². The van der Waals surface area contributed by atoms with Crippen molar-refractivity contribution in [3.05, 3.63) is 52.4 Å². The molecule has 0 fully saturated rings. The highest BCUT2D eigenvalue weighted by molar-refractivity contribution is 5.83. The maximum Gasteiger partial charge on any atom is 0.254 e. The van der Waals surface area contributed by atoms with Crippen LogP contribution in [0.25, 0.3) is 22.3 Å². The Hall–Kier alpha value is -2.69. The van der Waals surface area contributed by atoms with Gasteiger partial charge in [0.15, 0.2) is 0 Å². The summed E-state index contributed by atoms with van der Waals surface area (Å²) in [5.74, 6) is 0.0494. The van der Waals surface area contributed by atoms with E-state index in [1.165, 1.54) is 0 Å². The van der Waals surface area contributed by atoms with E-state index >= 15 is 0 Å². The molecule has 0 radical (unpaired) electrons. The third-order valence-corrected chi connectivity index (χ3v) is 2.83. The highest BCUT2D eigenvalue weighted by Crippen LogP contribution is 2.21. The molecule has 1 aromatic carbocycles. The fourth-order valence-electron chi connectivity index (χ4n) is 1.96. The van der Waals surface area contributed by atoms with Crippen LogP contribution >= 0.6 is 0 Å². The molecule has 0 amide bonds. The van der Waals surface area contributed by atoms with E-state index in [-0.39, 0.29) is 11.4 Å². The van der Waals surface area contributed by atoms with E-state index in [1.807, 2.05) is 37.3 Å². The molecule has 0 aliphatic rings. The number of aromatic nitrogens is 3. The summed E-state index contributed by atoms with van der Waals surface area (Å²) < 4.78 is 0. The van der Waals surface area contributed by atoms with Gasteiger partial charge >= 0.3 is 0 Å². The normalized spacial score (nSPS) is 10.8. The van der Waals surface area contributed by atoms with Gasteiger partial charge in [0.25, 0.3) is 5.56 Å².